The number of methoxy groups -OCH3 is 3. The van der Waals surface area contributed by atoms with E-state index >= 15 is 0 Å². The van der Waals surface area contributed by atoms with Gasteiger partial charge in [-0.3, -0.25) is 10.1 Å². The summed E-state index contributed by atoms with van der Waals surface area (Å²) in [7, 11) is 4.47. The molecule has 3 rings (SSSR count). The van der Waals surface area contributed by atoms with Gasteiger partial charge in [0.2, 0.25) is 11.6 Å². The molecule has 0 unspecified atom stereocenters. The molecule has 0 saturated heterocycles. The van der Waals surface area contributed by atoms with Crippen LogP contribution in [0, 0.1) is 0 Å². The highest BCUT2D eigenvalue weighted by atomic mass is 79.9. The number of carbonyl (C=O) groups is 1. The van der Waals surface area contributed by atoms with E-state index in [1.54, 1.807) is 18.2 Å². The maximum atomic E-state index is 12.6. The first-order valence-corrected chi connectivity index (χ1v) is 8.69. The third-order valence-corrected chi connectivity index (χ3v) is 4.34. The molecule has 0 aliphatic carbocycles. The van der Waals surface area contributed by atoms with Crippen molar-refractivity contribution in [1.82, 2.24) is 5.16 Å². The Bertz CT molecular complexity index is 928. The van der Waals surface area contributed by atoms with Gasteiger partial charge in [-0.15, -0.1) is 0 Å². The number of halogens is 1. The van der Waals surface area contributed by atoms with Crippen LogP contribution in [0.5, 0.6) is 17.2 Å². The van der Waals surface area contributed by atoms with E-state index in [1.165, 1.54) is 21.3 Å². The zero-order valence-corrected chi connectivity index (χ0v) is 16.5. The fourth-order valence-corrected chi connectivity index (χ4v) is 2.75. The quantitative estimate of drug-likeness (QED) is 0.621. The summed E-state index contributed by atoms with van der Waals surface area (Å²) in [5, 5.41) is 6.65. The van der Waals surface area contributed by atoms with Gasteiger partial charge in [0.25, 0.3) is 5.91 Å². The molecule has 2 aromatic carbocycles. The van der Waals surface area contributed by atoms with Gasteiger partial charge in [-0.1, -0.05) is 33.2 Å². The van der Waals surface area contributed by atoms with Crippen LogP contribution in [0.4, 0.5) is 5.88 Å². The lowest BCUT2D eigenvalue weighted by Crippen LogP contribution is -2.12. The minimum atomic E-state index is -0.396. The highest BCUT2D eigenvalue weighted by Crippen LogP contribution is 2.38. The van der Waals surface area contributed by atoms with Crippen molar-refractivity contribution in [2.24, 2.45) is 0 Å². The lowest BCUT2D eigenvalue weighted by molar-refractivity contribution is 0.102. The van der Waals surface area contributed by atoms with Gasteiger partial charge in [-0.25, -0.2) is 0 Å². The number of nitrogens with one attached hydrogen (secondary N) is 1. The molecule has 0 fully saturated rings. The average molecular weight is 433 g/mol. The van der Waals surface area contributed by atoms with Crippen molar-refractivity contribution in [3.63, 3.8) is 0 Å². The Balaban J connectivity index is 1.82. The second kappa shape index (κ2) is 8.13. The van der Waals surface area contributed by atoms with Crippen LogP contribution in [0.25, 0.3) is 11.3 Å². The zero-order valence-electron chi connectivity index (χ0n) is 14.9. The van der Waals surface area contributed by atoms with Gasteiger partial charge in [-0.2, -0.15) is 0 Å². The third-order valence-electron chi connectivity index (χ3n) is 3.81. The number of benzene rings is 2. The molecule has 8 heteroatoms. The Morgan fingerprint density at radius 1 is 1.00 bits per heavy atom. The van der Waals surface area contributed by atoms with E-state index in [9.17, 15) is 4.79 Å². The van der Waals surface area contributed by atoms with Crippen molar-refractivity contribution in [1.29, 1.82) is 0 Å². The average Bonchev–Trinajstić information content (AvgIpc) is 3.15. The van der Waals surface area contributed by atoms with Crippen LogP contribution in [0.15, 0.2) is 51.5 Å². The van der Waals surface area contributed by atoms with Crippen molar-refractivity contribution >= 4 is 27.7 Å². The topological polar surface area (TPSA) is 82.8 Å². The smallest absolute Gasteiger partial charge is 0.258 e. The summed E-state index contributed by atoms with van der Waals surface area (Å²) in [5.41, 5.74) is 1.81. The Kier molecular flexibility index (Phi) is 5.66. The predicted octanol–water partition coefficient (Wildman–Crippen LogP) is 4.38. The number of nitrogens with zero attached hydrogens (tertiary/aromatic N) is 1. The third kappa shape index (κ3) is 4.06. The van der Waals surface area contributed by atoms with Crippen molar-refractivity contribution in [3.05, 3.63) is 52.5 Å². The summed E-state index contributed by atoms with van der Waals surface area (Å²) >= 11 is 3.39. The number of hydrogen-bond donors (Lipinski definition) is 1. The summed E-state index contributed by atoms with van der Waals surface area (Å²) in [4.78, 5) is 12.6. The summed E-state index contributed by atoms with van der Waals surface area (Å²) in [5.74, 6) is 1.01. The molecule has 1 amide bonds. The molecule has 0 saturated carbocycles. The lowest BCUT2D eigenvalue weighted by Gasteiger charge is -2.13. The highest BCUT2D eigenvalue weighted by Gasteiger charge is 2.18. The normalized spacial score (nSPS) is 10.4. The number of carbonyl (C=O) groups excluding carboxylic acids is 1. The standard InChI is InChI=1S/C19H17BrN2O5/c1-24-15-8-12(9-16(25-2)18(15)26-3)19(23)21-17-10-14(22-27-17)11-4-6-13(20)7-5-11/h4-10H,1-3H3,(H,21,23). The molecule has 27 heavy (non-hydrogen) atoms. The molecule has 0 radical (unpaired) electrons. The molecule has 1 N–H and O–H groups in total. The second-order valence-corrected chi connectivity index (χ2v) is 6.37. The fourth-order valence-electron chi connectivity index (χ4n) is 2.49. The Morgan fingerprint density at radius 2 is 1.63 bits per heavy atom. The maximum Gasteiger partial charge on any atom is 0.258 e. The minimum absolute atomic E-state index is 0.228. The number of hydrogen-bond acceptors (Lipinski definition) is 6. The molecular weight excluding hydrogens is 416 g/mol. The molecule has 0 aliphatic rings. The molecule has 0 atom stereocenters. The molecule has 3 aromatic rings. The van der Waals surface area contributed by atoms with Crippen LogP contribution < -0.4 is 19.5 Å². The van der Waals surface area contributed by atoms with Crippen LogP contribution in [-0.4, -0.2) is 32.4 Å². The van der Waals surface area contributed by atoms with Crippen LogP contribution in [0.2, 0.25) is 0 Å². The lowest BCUT2D eigenvalue weighted by atomic mass is 10.1. The SMILES string of the molecule is COc1cc(C(=O)Nc2cc(-c3ccc(Br)cc3)no2)cc(OC)c1OC. The van der Waals surface area contributed by atoms with Crippen molar-refractivity contribution in [3.8, 4) is 28.5 Å². The summed E-state index contributed by atoms with van der Waals surface area (Å²) in [6.45, 7) is 0. The van der Waals surface area contributed by atoms with Gasteiger partial charge >= 0.3 is 0 Å². The van der Waals surface area contributed by atoms with Gasteiger partial charge in [0.05, 0.1) is 21.3 Å². The minimum Gasteiger partial charge on any atom is -0.493 e. The Hall–Kier alpha value is -3.00. The summed E-state index contributed by atoms with van der Waals surface area (Å²) in [6.07, 6.45) is 0. The second-order valence-electron chi connectivity index (χ2n) is 5.45. The number of aromatic nitrogens is 1. The van der Waals surface area contributed by atoms with E-state index in [0.29, 0.717) is 28.5 Å². The van der Waals surface area contributed by atoms with E-state index in [0.717, 1.165) is 10.0 Å². The van der Waals surface area contributed by atoms with Gasteiger partial charge in [-0.05, 0) is 24.3 Å². The van der Waals surface area contributed by atoms with Crippen molar-refractivity contribution in [2.45, 2.75) is 0 Å². The monoisotopic (exact) mass is 432 g/mol. The first-order valence-electron chi connectivity index (χ1n) is 7.89. The number of anilines is 1. The molecule has 1 heterocycles. The van der Waals surface area contributed by atoms with E-state index in [2.05, 4.69) is 26.4 Å². The fraction of sp³-hybridized carbons (Fsp3) is 0.158. The van der Waals surface area contributed by atoms with Crippen LogP contribution in [-0.2, 0) is 0 Å². The maximum absolute atomic E-state index is 12.6. The summed E-state index contributed by atoms with van der Waals surface area (Å²) in [6, 6.07) is 12.4. The molecule has 1 aromatic heterocycles. The van der Waals surface area contributed by atoms with Crippen LogP contribution >= 0.6 is 15.9 Å². The molecular formula is C19H17BrN2O5. The van der Waals surface area contributed by atoms with Gasteiger partial charge < -0.3 is 18.7 Å². The van der Waals surface area contributed by atoms with Crippen LogP contribution in [0.3, 0.4) is 0 Å². The molecule has 0 spiro atoms. The van der Waals surface area contributed by atoms with Crippen molar-refractivity contribution < 1.29 is 23.5 Å². The number of amides is 1. The highest BCUT2D eigenvalue weighted by molar-refractivity contribution is 9.10. The van der Waals surface area contributed by atoms with E-state index in [-0.39, 0.29) is 5.88 Å². The summed E-state index contributed by atoms with van der Waals surface area (Å²) < 4.78 is 22.0. The van der Waals surface area contributed by atoms with E-state index in [1.807, 2.05) is 24.3 Å². The number of rotatable bonds is 6. The Morgan fingerprint density at radius 3 is 2.19 bits per heavy atom. The predicted molar refractivity (Wildman–Crippen MR) is 104 cm³/mol. The molecule has 7 nitrogen and oxygen atoms in total. The van der Waals surface area contributed by atoms with E-state index < -0.39 is 5.91 Å². The van der Waals surface area contributed by atoms with Crippen LogP contribution in [0.1, 0.15) is 10.4 Å². The largest absolute Gasteiger partial charge is 0.493 e. The zero-order chi connectivity index (χ0) is 19.4. The molecule has 0 bridgehead atoms. The first-order chi connectivity index (χ1) is 13.0. The molecule has 140 valence electrons. The Labute approximate surface area is 164 Å². The van der Waals surface area contributed by atoms with Gasteiger partial charge in [0, 0.05) is 21.7 Å². The van der Waals surface area contributed by atoms with Crippen molar-refractivity contribution in [2.75, 3.05) is 26.6 Å². The van der Waals surface area contributed by atoms with E-state index in [4.69, 9.17) is 18.7 Å². The molecule has 0 aliphatic heterocycles. The van der Waals surface area contributed by atoms with Gasteiger partial charge in [0.15, 0.2) is 11.5 Å². The number of ether oxygens (including phenoxy) is 3. The van der Waals surface area contributed by atoms with Gasteiger partial charge in [0.1, 0.15) is 5.69 Å². The first kappa shape index (κ1) is 18.8.